The van der Waals surface area contributed by atoms with E-state index in [4.69, 9.17) is 0 Å². The van der Waals surface area contributed by atoms with Gasteiger partial charge in [0.1, 0.15) is 0 Å². The first-order valence-electron chi connectivity index (χ1n) is 23.8. The Morgan fingerprint density at radius 1 is 0.328 bits per heavy atom. The van der Waals surface area contributed by atoms with Gasteiger partial charge in [0.15, 0.2) is 0 Å². The zero-order chi connectivity index (χ0) is 42.9. The molecular weight excluding hydrogens is 737 g/mol. The Balaban J connectivity index is 1.41. The van der Waals surface area contributed by atoms with Gasteiger partial charge in [-0.15, -0.1) is 0 Å². The Hall–Kier alpha value is -5.08. The summed E-state index contributed by atoms with van der Waals surface area (Å²) in [4.78, 5) is 5.00. The fourth-order valence-electron chi connectivity index (χ4n) is 9.84. The predicted octanol–water partition coefficient (Wildman–Crippen LogP) is 18.2. The highest BCUT2D eigenvalue weighted by Gasteiger charge is 2.43. The third-order valence-corrected chi connectivity index (χ3v) is 13.8. The van der Waals surface area contributed by atoms with Crippen molar-refractivity contribution in [3.05, 3.63) is 166 Å². The minimum absolute atomic E-state index is 0.0868. The first-order chi connectivity index (χ1) is 29.6. The maximum absolute atomic E-state index is 2.61. The van der Waals surface area contributed by atoms with Crippen LogP contribution < -0.4 is 9.80 Å². The maximum atomic E-state index is 2.61. The molecule has 318 valence electrons. The number of aryl methyl sites for hydroxylation is 6. The average Bonchev–Trinajstić information content (AvgIpc) is 3.52. The van der Waals surface area contributed by atoms with Crippen molar-refractivity contribution in [3.8, 4) is 11.1 Å². The summed E-state index contributed by atoms with van der Waals surface area (Å²) in [5, 5.41) is 0. The normalized spacial score (nSPS) is 12.7. The number of anilines is 6. The number of hydrogen-bond donors (Lipinski definition) is 0. The molecule has 0 spiro atoms. The lowest BCUT2D eigenvalue weighted by molar-refractivity contribution is 0.398. The summed E-state index contributed by atoms with van der Waals surface area (Å²) < 4.78 is 0. The van der Waals surface area contributed by atoms with Crippen molar-refractivity contribution in [1.82, 2.24) is 0 Å². The first kappa shape index (κ1) is 44.0. The highest BCUT2D eigenvalue weighted by molar-refractivity contribution is 5.89. The fraction of sp³-hybridized carbons (Fsp3) is 0.390. The van der Waals surface area contributed by atoms with Crippen LogP contribution in [0.5, 0.6) is 0 Å². The third kappa shape index (κ3) is 9.86. The number of unbranched alkanes of at least 4 members (excludes halogenated alkanes) is 10. The van der Waals surface area contributed by atoms with E-state index in [0.29, 0.717) is 0 Å². The van der Waals surface area contributed by atoms with Crippen LogP contribution in [0.1, 0.15) is 148 Å². The van der Waals surface area contributed by atoms with Crippen molar-refractivity contribution in [3.63, 3.8) is 0 Å². The number of rotatable bonds is 20. The molecule has 1 aliphatic rings. The molecule has 0 aliphatic heterocycles. The van der Waals surface area contributed by atoms with Crippen molar-refractivity contribution in [2.24, 2.45) is 0 Å². The highest BCUT2D eigenvalue weighted by Crippen LogP contribution is 2.57. The standard InChI is InChI=1S/C59H72N2/c1-9-11-13-15-17-19-37-59(38-20-18-16-14-12-10-2)57-41-53(60(49-27-21-43(3)22-28-49)51-31-25-45(5)47(7)39-51)33-35-55(57)56-36-34-54(42-58(56)59)61(50-29-23-44(4)24-30-50)52-32-26-46(6)48(8)40-52/h21-36,39-42H,9-20,37-38H2,1-8H3. The van der Waals surface area contributed by atoms with Crippen molar-refractivity contribution in [1.29, 1.82) is 0 Å². The Labute approximate surface area is 370 Å². The topological polar surface area (TPSA) is 6.48 Å². The minimum atomic E-state index is -0.0868. The van der Waals surface area contributed by atoms with Gasteiger partial charge in [0, 0.05) is 39.5 Å². The molecule has 1 aliphatic carbocycles. The molecule has 0 amide bonds. The van der Waals surface area contributed by atoms with Crippen LogP contribution in [-0.2, 0) is 5.41 Å². The molecule has 6 aromatic rings. The van der Waals surface area contributed by atoms with E-state index >= 15 is 0 Å². The molecule has 0 fully saturated rings. The summed E-state index contributed by atoms with van der Waals surface area (Å²) in [5.74, 6) is 0. The van der Waals surface area contributed by atoms with Crippen LogP contribution in [0.25, 0.3) is 11.1 Å². The second-order valence-corrected chi connectivity index (χ2v) is 18.5. The molecule has 0 unspecified atom stereocenters. The molecule has 2 heteroatoms. The number of nitrogens with zero attached hydrogens (tertiary/aromatic N) is 2. The quantitative estimate of drug-likeness (QED) is 0.0709. The van der Waals surface area contributed by atoms with Gasteiger partial charge in [-0.2, -0.15) is 0 Å². The number of benzene rings is 6. The molecule has 61 heavy (non-hydrogen) atoms. The van der Waals surface area contributed by atoms with Crippen LogP contribution in [0.4, 0.5) is 34.1 Å². The van der Waals surface area contributed by atoms with Crippen molar-refractivity contribution >= 4 is 34.1 Å². The van der Waals surface area contributed by atoms with Gasteiger partial charge in [-0.25, -0.2) is 0 Å². The molecule has 7 rings (SSSR count). The van der Waals surface area contributed by atoms with Gasteiger partial charge in [0.2, 0.25) is 0 Å². The van der Waals surface area contributed by atoms with Gasteiger partial charge in [-0.1, -0.05) is 151 Å². The van der Waals surface area contributed by atoms with Gasteiger partial charge in [0.25, 0.3) is 0 Å². The van der Waals surface area contributed by atoms with E-state index in [1.807, 2.05) is 0 Å². The van der Waals surface area contributed by atoms with Gasteiger partial charge in [-0.3, -0.25) is 0 Å². The van der Waals surface area contributed by atoms with Crippen LogP contribution in [0.3, 0.4) is 0 Å². The van der Waals surface area contributed by atoms with Crippen LogP contribution in [0.2, 0.25) is 0 Å². The third-order valence-electron chi connectivity index (χ3n) is 13.8. The Kier molecular flexibility index (Phi) is 14.6. The smallest absolute Gasteiger partial charge is 0.0465 e. The van der Waals surface area contributed by atoms with Gasteiger partial charge in [-0.05, 0) is 172 Å². The second kappa shape index (κ2) is 20.2. The van der Waals surface area contributed by atoms with Crippen molar-refractivity contribution in [2.75, 3.05) is 9.80 Å². The lowest BCUT2D eigenvalue weighted by atomic mass is 9.70. The number of fused-ring (bicyclic) bond motifs is 3. The number of hydrogen-bond acceptors (Lipinski definition) is 2. The summed E-state index contributed by atoms with van der Waals surface area (Å²) in [6, 6.07) is 47.1. The summed E-state index contributed by atoms with van der Waals surface area (Å²) in [7, 11) is 0. The van der Waals surface area contributed by atoms with Crippen LogP contribution in [0.15, 0.2) is 121 Å². The van der Waals surface area contributed by atoms with Crippen molar-refractivity contribution < 1.29 is 0 Å². The maximum Gasteiger partial charge on any atom is 0.0465 e. The molecule has 0 saturated heterocycles. The lowest BCUT2D eigenvalue weighted by Crippen LogP contribution is -2.26. The second-order valence-electron chi connectivity index (χ2n) is 18.5. The highest BCUT2D eigenvalue weighted by atomic mass is 15.1. The lowest BCUT2D eigenvalue weighted by Gasteiger charge is -2.35. The van der Waals surface area contributed by atoms with E-state index in [2.05, 4.69) is 187 Å². The Morgan fingerprint density at radius 3 is 1.03 bits per heavy atom. The van der Waals surface area contributed by atoms with Crippen molar-refractivity contribution in [2.45, 2.75) is 151 Å². The van der Waals surface area contributed by atoms with E-state index in [1.54, 1.807) is 0 Å². The summed E-state index contributed by atoms with van der Waals surface area (Å²) in [5.41, 5.74) is 20.9. The van der Waals surface area contributed by atoms with E-state index in [0.717, 1.165) is 0 Å². The van der Waals surface area contributed by atoms with Gasteiger partial charge < -0.3 is 9.80 Å². The zero-order valence-electron chi connectivity index (χ0n) is 38.8. The van der Waals surface area contributed by atoms with E-state index in [1.165, 1.54) is 180 Å². The molecule has 0 aromatic heterocycles. The molecule has 0 bridgehead atoms. The zero-order valence-corrected chi connectivity index (χ0v) is 38.8. The van der Waals surface area contributed by atoms with Crippen LogP contribution >= 0.6 is 0 Å². The molecule has 0 saturated carbocycles. The summed E-state index contributed by atoms with van der Waals surface area (Å²) >= 11 is 0. The molecule has 0 atom stereocenters. The fourth-order valence-corrected chi connectivity index (χ4v) is 9.84. The molecular formula is C59H72N2. The SMILES string of the molecule is CCCCCCCCC1(CCCCCCCC)c2cc(N(c3ccc(C)cc3)c3ccc(C)c(C)c3)ccc2-c2ccc(N(c3ccc(C)cc3)c3ccc(C)c(C)c3)cc21. The monoisotopic (exact) mass is 809 g/mol. The molecule has 0 heterocycles. The summed E-state index contributed by atoms with van der Waals surface area (Å²) in [6.07, 6.45) is 18.0. The molecule has 0 N–H and O–H groups in total. The molecule has 6 aromatic carbocycles. The van der Waals surface area contributed by atoms with E-state index in [-0.39, 0.29) is 5.41 Å². The predicted molar refractivity (Wildman–Crippen MR) is 266 cm³/mol. The molecule has 0 radical (unpaired) electrons. The summed E-state index contributed by atoms with van der Waals surface area (Å²) in [6.45, 7) is 17.9. The van der Waals surface area contributed by atoms with Crippen LogP contribution in [-0.4, -0.2) is 0 Å². The molecule has 2 nitrogen and oxygen atoms in total. The van der Waals surface area contributed by atoms with Crippen LogP contribution in [0, 0.1) is 41.5 Å². The first-order valence-corrected chi connectivity index (χ1v) is 23.8. The largest absolute Gasteiger partial charge is 0.310 e. The Bertz CT molecular complexity index is 2200. The van der Waals surface area contributed by atoms with E-state index < -0.39 is 0 Å². The minimum Gasteiger partial charge on any atom is -0.310 e. The van der Waals surface area contributed by atoms with Gasteiger partial charge >= 0.3 is 0 Å². The average molecular weight is 809 g/mol. The van der Waals surface area contributed by atoms with Gasteiger partial charge in [0.05, 0.1) is 0 Å². The van der Waals surface area contributed by atoms with E-state index in [9.17, 15) is 0 Å². The Morgan fingerprint density at radius 2 is 0.656 bits per heavy atom.